The molecule has 0 spiro atoms. The summed E-state index contributed by atoms with van der Waals surface area (Å²) in [5.74, 6) is 2.31. The Morgan fingerprint density at radius 3 is 2.34 bits per heavy atom. The van der Waals surface area contributed by atoms with Crippen molar-refractivity contribution in [2.75, 3.05) is 57.8 Å². The lowest BCUT2D eigenvalue weighted by molar-refractivity contribution is 0.123. The van der Waals surface area contributed by atoms with Gasteiger partial charge in [-0.2, -0.15) is 0 Å². The fraction of sp³-hybridized carbons (Fsp3) is 0.312. The Morgan fingerprint density at radius 1 is 0.842 bits per heavy atom. The van der Waals surface area contributed by atoms with E-state index in [1.165, 1.54) is 0 Å². The third-order valence-corrected chi connectivity index (χ3v) is 7.11. The first-order valence-electron chi connectivity index (χ1n) is 13.3. The molecule has 0 radical (unpaired) electrons. The summed E-state index contributed by atoms with van der Waals surface area (Å²) in [6.07, 6.45) is 2.04. The number of hydrogen-bond donors (Lipinski definition) is 1. The quantitative estimate of drug-likeness (QED) is 0.197. The van der Waals surface area contributed by atoms with Crippen molar-refractivity contribution in [1.82, 2.24) is 0 Å². The SMILES string of the molecule is CCCCOc1cc(N)c(-c2ccccc2)c2cc(N3CCOCC3)c(-c3ccc(OC)cc3OC)cc12. The van der Waals surface area contributed by atoms with Gasteiger partial charge in [-0.05, 0) is 41.6 Å². The Kier molecular flexibility index (Phi) is 7.89. The van der Waals surface area contributed by atoms with Crippen LogP contribution in [-0.2, 0) is 4.74 Å². The first-order valence-corrected chi connectivity index (χ1v) is 13.3. The predicted molar refractivity (Wildman–Crippen MR) is 156 cm³/mol. The van der Waals surface area contributed by atoms with Gasteiger partial charge in [-0.25, -0.2) is 0 Å². The van der Waals surface area contributed by atoms with Crippen molar-refractivity contribution < 1.29 is 18.9 Å². The number of nitrogen functional groups attached to an aromatic ring is 1. The Balaban J connectivity index is 1.81. The lowest BCUT2D eigenvalue weighted by Crippen LogP contribution is -2.36. The standard InChI is InChI=1S/C32H36N2O4/c1-4-5-15-38-31-21-28(33)32(22-9-7-6-8-10-22)27-20-29(34-13-16-37-17-14-34)25(19-26(27)31)24-12-11-23(35-2)18-30(24)36-3/h6-12,18-21H,4-5,13-17,33H2,1-3H3. The highest BCUT2D eigenvalue weighted by atomic mass is 16.5. The van der Waals surface area contributed by atoms with E-state index in [9.17, 15) is 0 Å². The summed E-state index contributed by atoms with van der Waals surface area (Å²) >= 11 is 0. The van der Waals surface area contributed by atoms with Crippen molar-refractivity contribution in [1.29, 1.82) is 0 Å². The number of fused-ring (bicyclic) bond motifs is 1. The minimum atomic E-state index is 0.641. The molecule has 2 N–H and O–H groups in total. The van der Waals surface area contributed by atoms with E-state index in [0.29, 0.717) is 25.5 Å². The first kappa shape index (κ1) is 25.7. The maximum absolute atomic E-state index is 6.73. The number of anilines is 2. The molecule has 1 heterocycles. The van der Waals surface area contributed by atoms with Crippen LogP contribution in [0.2, 0.25) is 0 Å². The van der Waals surface area contributed by atoms with Gasteiger partial charge in [-0.15, -0.1) is 0 Å². The third-order valence-electron chi connectivity index (χ3n) is 7.11. The Labute approximate surface area is 224 Å². The second-order valence-corrected chi connectivity index (χ2v) is 9.49. The number of unbranched alkanes of at least 4 members (excludes halogenated alkanes) is 1. The van der Waals surface area contributed by atoms with Crippen molar-refractivity contribution >= 4 is 22.1 Å². The summed E-state index contributed by atoms with van der Waals surface area (Å²) in [6.45, 7) is 5.79. The average Bonchev–Trinajstić information content (AvgIpc) is 2.97. The van der Waals surface area contributed by atoms with E-state index in [1.807, 2.05) is 36.4 Å². The molecule has 198 valence electrons. The number of benzene rings is 4. The number of hydrogen-bond acceptors (Lipinski definition) is 6. The van der Waals surface area contributed by atoms with Crippen LogP contribution in [0.3, 0.4) is 0 Å². The molecule has 4 aromatic rings. The van der Waals surface area contributed by atoms with Gasteiger partial charge < -0.3 is 29.6 Å². The first-order chi connectivity index (χ1) is 18.6. The van der Waals surface area contributed by atoms with Gasteiger partial charge in [0.2, 0.25) is 0 Å². The summed E-state index contributed by atoms with van der Waals surface area (Å²) in [4.78, 5) is 2.39. The number of nitrogens with zero attached hydrogens (tertiary/aromatic N) is 1. The smallest absolute Gasteiger partial charge is 0.130 e. The molecule has 38 heavy (non-hydrogen) atoms. The number of morpholine rings is 1. The molecule has 0 atom stereocenters. The third kappa shape index (κ3) is 5.09. The molecule has 1 saturated heterocycles. The maximum Gasteiger partial charge on any atom is 0.130 e. The zero-order valence-corrected chi connectivity index (χ0v) is 22.5. The average molecular weight is 513 g/mol. The Hall–Kier alpha value is -3.90. The van der Waals surface area contributed by atoms with Crippen molar-refractivity contribution in [3.05, 3.63) is 66.7 Å². The fourth-order valence-corrected chi connectivity index (χ4v) is 5.12. The van der Waals surface area contributed by atoms with Gasteiger partial charge in [0.1, 0.15) is 17.2 Å². The lowest BCUT2D eigenvalue weighted by Gasteiger charge is -2.32. The normalized spacial score (nSPS) is 13.5. The summed E-state index contributed by atoms with van der Waals surface area (Å²) in [5.41, 5.74) is 12.7. The monoisotopic (exact) mass is 512 g/mol. The highest BCUT2D eigenvalue weighted by molar-refractivity contribution is 6.09. The predicted octanol–water partition coefficient (Wildman–Crippen LogP) is 6.79. The zero-order chi connectivity index (χ0) is 26.5. The molecule has 1 aliphatic rings. The van der Waals surface area contributed by atoms with Gasteiger partial charge in [0.25, 0.3) is 0 Å². The molecule has 0 unspecified atom stereocenters. The van der Waals surface area contributed by atoms with E-state index in [1.54, 1.807) is 14.2 Å². The minimum Gasteiger partial charge on any atom is -0.497 e. The van der Waals surface area contributed by atoms with Gasteiger partial charge >= 0.3 is 0 Å². The van der Waals surface area contributed by atoms with Crippen molar-refractivity contribution in [3.8, 4) is 39.5 Å². The molecule has 6 heteroatoms. The number of nitrogens with two attached hydrogens (primary N) is 1. The number of rotatable bonds is 9. The highest BCUT2D eigenvalue weighted by Gasteiger charge is 2.23. The van der Waals surface area contributed by atoms with Crippen LogP contribution >= 0.6 is 0 Å². The van der Waals surface area contributed by atoms with Crippen LogP contribution in [0, 0.1) is 0 Å². The minimum absolute atomic E-state index is 0.641. The van der Waals surface area contributed by atoms with E-state index in [4.69, 9.17) is 24.7 Å². The molecule has 4 aromatic carbocycles. The summed E-state index contributed by atoms with van der Waals surface area (Å²) in [5, 5.41) is 2.10. The van der Waals surface area contributed by atoms with Crippen LogP contribution in [-0.4, -0.2) is 47.1 Å². The molecule has 0 amide bonds. The van der Waals surface area contributed by atoms with E-state index in [0.717, 1.165) is 81.9 Å². The molecule has 1 aliphatic heterocycles. The van der Waals surface area contributed by atoms with E-state index >= 15 is 0 Å². The zero-order valence-electron chi connectivity index (χ0n) is 22.5. The van der Waals surface area contributed by atoms with Gasteiger partial charge in [-0.1, -0.05) is 43.7 Å². The molecule has 0 aliphatic carbocycles. The van der Waals surface area contributed by atoms with Crippen LogP contribution in [0.25, 0.3) is 33.0 Å². The molecule has 0 bridgehead atoms. The Bertz CT molecular complexity index is 1400. The molecule has 0 aromatic heterocycles. The summed E-state index contributed by atoms with van der Waals surface area (Å²) < 4.78 is 23.3. The topological polar surface area (TPSA) is 66.2 Å². The van der Waals surface area contributed by atoms with Crippen LogP contribution in [0.1, 0.15) is 19.8 Å². The Morgan fingerprint density at radius 2 is 1.63 bits per heavy atom. The second kappa shape index (κ2) is 11.7. The highest BCUT2D eigenvalue weighted by Crippen LogP contribution is 2.47. The van der Waals surface area contributed by atoms with Crippen molar-refractivity contribution in [3.63, 3.8) is 0 Å². The van der Waals surface area contributed by atoms with Crippen LogP contribution in [0.4, 0.5) is 11.4 Å². The van der Waals surface area contributed by atoms with E-state index < -0.39 is 0 Å². The summed E-state index contributed by atoms with van der Waals surface area (Å²) in [6, 6.07) is 22.8. The lowest BCUT2D eigenvalue weighted by atomic mass is 9.91. The van der Waals surface area contributed by atoms with Crippen molar-refractivity contribution in [2.45, 2.75) is 19.8 Å². The summed E-state index contributed by atoms with van der Waals surface area (Å²) in [7, 11) is 3.36. The molecule has 1 fully saturated rings. The number of ether oxygens (including phenoxy) is 4. The van der Waals surface area contributed by atoms with Gasteiger partial charge in [-0.3, -0.25) is 0 Å². The number of methoxy groups -OCH3 is 2. The van der Waals surface area contributed by atoms with Gasteiger partial charge in [0.15, 0.2) is 0 Å². The van der Waals surface area contributed by atoms with E-state index in [-0.39, 0.29) is 0 Å². The van der Waals surface area contributed by atoms with Crippen LogP contribution in [0.15, 0.2) is 66.7 Å². The molecular formula is C32H36N2O4. The van der Waals surface area contributed by atoms with Crippen LogP contribution in [0.5, 0.6) is 17.2 Å². The second-order valence-electron chi connectivity index (χ2n) is 9.49. The molecular weight excluding hydrogens is 476 g/mol. The maximum atomic E-state index is 6.73. The molecule has 5 rings (SSSR count). The van der Waals surface area contributed by atoms with Crippen molar-refractivity contribution in [2.24, 2.45) is 0 Å². The molecule has 0 saturated carbocycles. The largest absolute Gasteiger partial charge is 0.497 e. The van der Waals surface area contributed by atoms with Crippen LogP contribution < -0.4 is 24.8 Å². The van der Waals surface area contributed by atoms with Gasteiger partial charge in [0, 0.05) is 58.7 Å². The fourth-order valence-electron chi connectivity index (χ4n) is 5.12. The van der Waals surface area contributed by atoms with E-state index in [2.05, 4.69) is 42.2 Å². The van der Waals surface area contributed by atoms with Gasteiger partial charge in [0.05, 0.1) is 34.0 Å². The molecule has 6 nitrogen and oxygen atoms in total.